The van der Waals surface area contributed by atoms with Crippen molar-refractivity contribution in [3.8, 4) is 0 Å². The topological polar surface area (TPSA) is 155 Å². The summed E-state index contributed by atoms with van der Waals surface area (Å²) in [6, 6.07) is 114. The van der Waals surface area contributed by atoms with Gasteiger partial charge in [-0.3, -0.25) is 19.9 Å². The third-order valence-corrected chi connectivity index (χ3v) is 32.3. The summed E-state index contributed by atoms with van der Waals surface area (Å²) in [5.74, 6) is 0. The Morgan fingerprint density at radius 3 is 1.26 bits per heavy atom. The summed E-state index contributed by atoms with van der Waals surface area (Å²) >= 11 is 12.6. The Morgan fingerprint density at radius 2 is 0.579 bits per heavy atom. The van der Waals surface area contributed by atoms with Crippen LogP contribution in [0.4, 0.5) is 0 Å². The highest BCUT2D eigenvalue weighted by Crippen LogP contribution is 2.42. The quantitative estimate of drug-likeness (QED) is 0.142. The Hall–Kier alpha value is -15.3. The van der Waals surface area contributed by atoms with Gasteiger partial charge in [0.1, 0.15) is 49.4 Å². The summed E-state index contributed by atoms with van der Waals surface area (Å²) in [6.07, 6.45) is 12.4. The van der Waals surface area contributed by atoms with Gasteiger partial charge in [-0.25, -0.2) is 24.9 Å². The molecule has 0 atom stereocenters. The third-order valence-electron chi connectivity index (χ3n) is 24.2. The van der Waals surface area contributed by atoms with Gasteiger partial charge in [0, 0.05) is 166 Å². The maximum Gasteiger partial charge on any atom is 0.227 e. The molecule has 17 aromatic heterocycles. The first-order valence-electron chi connectivity index (χ1n) is 46.0. The van der Waals surface area contributed by atoms with Crippen LogP contribution in [0.3, 0.4) is 0 Å². The van der Waals surface area contributed by atoms with Crippen molar-refractivity contribution in [3.63, 3.8) is 0 Å². The number of thiophene rings is 7. The molecule has 30 aromatic rings. The van der Waals surface area contributed by atoms with Crippen molar-refractivity contribution in [2.75, 3.05) is 0 Å². The number of aromatic nitrogens is 9. The number of pyridine rings is 5. The number of hydrogen-bond donors (Lipinski definition) is 0. The monoisotopic (exact) mass is 1940 g/mol. The highest BCUT2D eigenvalue weighted by Gasteiger charge is 2.15. The maximum atomic E-state index is 5.71. The zero-order valence-corrected chi connectivity index (χ0v) is 84.0. The van der Waals surface area contributed by atoms with Gasteiger partial charge in [0.05, 0.1) is 36.3 Å². The van der Waals surface area contributed by atoms with Crippen molar-refractivity contribution in [2.24, 2.45) is 0 Å². The SMILES string of the molecule is Cc1ccc2oc3ccccc3c2c1.Cc1ccc2oc3cccnc3c2c1.Cc1ccc2oc3ncccc3c2c1.Cc1ccc2sc3ccccc3c2c1.Cc1ccc2sc3ccccc3c2n1.Cc1ccc2sc3cccnc3c2c1.Cc1ccc2sc3ncccc3c2c1.Cc1ccc2sc3nccnc3c2c1.Cc1cccc2c1sc1ccccc12.Cc1ncnc2c1sc1ccccc12. The van der Waals surface area contributed by atoms with Gasteiger partial charge >= 0.3 is 0 Å². The van der Waals surface area contributed by atoms with Crippen LogP contribution in [0.5, 0.6) is 0 Å². The van der Waals surface area contributed by atoms with Gasteiger partial charge in [-0.15, -0.1) is 79.4 Å². The fourth-order valence-corrected chi connectivity index (χ4v) is 24.8. The molecule has 0 aliphatic carbocycles. The van der Waals surface area contributed by atoms with Crippen LogP contribution < -0.4 is 0 Å². The van der Waals surface area contributed by atoms with Crippen molar-refractivity contribution in [3.05, 3.63) is 427 Å². The van der Waals surface area contributed by atoms with Gasteiger partial charge in [-0.2, -0.15) is 0 Å². The summed E-state index contributed by atoms with van der Waals surface area (Å²) in [4.78, 5) is 41.2. The molecule has 0 spiro atoms. The molecule has 0 fully saturated rings. The Morgan fingerprint density at radius 1 is 0.193 bits per heavy atom. The second-order valence-corrected chi connectivity index (χ2v) is 41.9. The average molecular weight is 1940 g/mol. The largest absolute Gasteiger partial charge is 0.456 e. The van der Waals surface area contributed by atoms with Gasteiger partial charge in [-0.1, -0.05) is 191 Å². The van der Waals surface area contributed by atoms with E-state index in [1.807, 2.05) is 163 Å². The van der Waals surface area contributed by atoms with E-state index in [0.29, 0.717) is 5.71 Å². The van der Waals surface area contributed by atoms with Crippen molar-refractivity contribution in [1.82, 2.24) is 44.9 Å². The molecular weight excluding hydrogens is 1850 g/mol. The van der Waals surface area contributed by atoms with Gasteiger partial charge in [0.2, 0.25) is 5.71 Å². The molecule has 12 nitrogen and oxygen atoms in total. The molecule has 0 amide bonds. The van der Waals surface area contributed by atoms with Crippen molar-refractivity contribution < 1.29 is 13.3 Å². The van der Waals surface area contributed by atoms with E-state index in [9.17, 15) is 0 Å². The average Bonchev–Trinajstić information content (AvgIpc) is 1.64. The fraction of sp³-hybridized carbons (Fsp3) is 0.0826. The standard InChI is InChI=1S/C13H10O.2C13H10S.2C12H9NO.3C12H9NS.2C11H8N2S/c1-9-6-7-13-11(8-9)10-4-2-3-5-12(10)14-13;1-9-5-4-7-11-10-6-2-3-8-12(10)14-13(9)11;1-9-6-7-13-11(8-9)10-4-2-3-5-12(10)14-13;1-8-4-5-10-9(7-8)12-11(14-10)3-2-6-13-12;1-8-4-5-11-10(7-8)9-3-2-6-13-12(9)14-11;1-8-4-5-10-9(7-8)12-11(14-10)3-2-6-13-12;1-8-4-5-11-10(7-8)9-3-2-6-13-12(9)14-11;1-8-6-7-11-12(13-8)9-4-2-3-5-10(9)14-11;1-7-2-3-9-8(6-7)10-11(14-9)13-5-4-12-10;1-7-11-10(13-6-12-7)8-4-2-3-5-9(8)14-11/h3*2-8H,1H3;5*2-7H,1H3;2*2-6H,1H3. The Labute approximate surface area is 834 Å². The maximum absolute atomic E-state index is 5.71. The molecule has 19 heteroatoms. The van der Waals surface area contributed by atoms with Crippen LogP contribution in [0.25, 0.3) is 208 Å². The number of nitrogens with zero attached hydrogens (tertiary/aromatic N) is 9. The lowest BCUT2D eigenvalue weighted by Crippen LogP contribution is -1.81. The Balaban J connectivity index is 0.0000000924. The predicted molar refractivity (Wildman–Crippen MR) is 604 cm³/mol. The molecule has 13 aromatic carbocycles. The molecule has 0 unspecified atom stereocenters. The van der Waals surface area contributed by atoms with E-state index >= 15 is 0 Å². The van der Waals surface area contributed by atoms with Crippen LogP contribution in [-0.2, 0) is 0 Å². The lowest BCUT2D eigenvalue weighted by molar-refractivity contribution is 0.654. The fourth-order valence-electron chi connectivity index (χ4n) is 17.4. The number of aryl methyl sites for hydroxylation is 10. The second kappa shape index (κ2) is 40.4. The molecule has 680 valence electrons. The molecule has 0 aliphatic rings. The number of rotatable bonds is 0. The Bertz CT molecular complexity index is 8320. The lowest BCUT2D eigenvalue weighted by atomic mass is 10.1. The lowest BCUT2D eigenvalue weighted by Gasteiger charge is -1.93. The van der Waals surface area contributed by atoms with E-state index in [0.717, 1.165) is 92.7 Å². The zero-order chi connectivity index (χ0) is 95.4. The van der Waals surface area contributed by atoms with Gasteiger partial charge in [0.25, 0.3) is 0 Å². The molecule has 17 heterocycles. The van der Waals surface area contributed by atoms with E-state index in [-0.39, 0.29) is 0 Å². The summed E-state index contributed by atoms with van der Waals surface area (Å²) in [6.45, 7) is 21.0. The number of furan rings is 3. The normalized spacial score (nSPS) is 11.2. The van der Waals surface area contributed by atoms with E-state index in [1.54, 1.807) is 65.1 Å². The highest BCUT2D eigenvalue weighted by molar-refractivity contribution is 7.28. The molecule has 0 saturated heterocycles. The molecule has 30 rings (SSSR count). The first kappa shape index (κ1) is 91.1. The third kappa shape index (κ3) is 19.3. The number of para-hydroxylation sites is 1. The summed E-state index contributed by atoms with van der Waals surface area (Å²) in [5.41, 5.74) is 23.1. The summed E-state index contributed by atoms with van der Waals surface area (Å²) in [5, 5.41) is 18.9. The molecule has 140 heavy (non-hydrogen) atoms. The minimum Gasteiger partial charge on any atom is -0.456 e. The zero-order valence-electron chi connectivity index (χ0n) is 78.3. The summed E-state index contributed by atoms with van der Waals surface area (Å²) < 4.78 is 32.8. The summed E-state index contributed by atoms with van der Waals surface area (Å²) in [7, 11) is 0. The van der Waals surface area contributed by atoms with Gasteiger partial charge in [-0.05, 0) is 251 Å². The van der Waals surface area contributed by atoms with E-state index in [4.69, 9.17) is 13.3 Å². The van der Waals surface area contributed by atoms with Crippen LogP contribution in [-0.4, -0.2) is 44.9 Å². The molecule has 0 saturated carbocycles. The predicted octanol–water partition coefficient (Wildman–Crippen LogP) is 36.8. The van der Waals surface area contributed by atoms with E-state index in [1.165, 1.54) is 166 Å². The molecular formula is C121H91N9O3S7. The van der Waals surface area contributed by atoms with Gasteiger partial charge < -0.3 is 13.3 Å². The molecule has 0 N–H and O–H groups in total. The van der Waals surface area contributed by atoms with Crippen molar-refractivity contribution >= 4 is 287 Å². The van der Waals surface area contributed by atoms with Crippen LogP contribution in [0.15, 0.2) is 384 Å². The second-order valence-electron chi connectivity index (χ2n) is 34.5. The molecule has 0 radical (unpaired) electrons. The number of hydrogen-bond acceptors (Lipinski definition) is 19. The molecule has 0 aliphatic heterocycles. The minimum atomic E-state index is 0.716. The Kier molecular flexibility index (Phi) is 26.3. The molecule has 0 bridgehead atoms. The smallest absolute Gasteiger partial charge is 0.227 e. The van der Waals surface area contributed by atoms with Crippen LogP contribution in [0.1, 0.15) is 55.9 Å². The first-order valence-corrected chi connectivity index (χ1v) is 51.7. The highest BCUT2D eigenvalue weighted by atomic mass is 32.1. The number of benzene rings is 13. The van der Waals surface area contributed by atoms with Crippen LogP contribution in [0, 0.1) is 69.2 Å². The van der Waals surface area contributed by atoms with Crippen LogP contribution >= 0.6 is 79.4 Å². The number of fused-ring (bicyclic) bond motifs is 30. The van der Waals surface area contributed by atoms with E-state index < -0.39 is 0 Å². The van der Waals surface area contributed by atoms with Crippen molar-refractivity contribution in [1.29, 1.82) is 0 Å². The first-order chi connectivity index (χ1) is 68.5. The van der Waals surface area contributed by atoms with E-state index in [2.05, 4.69) is 337 Å². The van der Waals surface area contributed by atoms with Crippen LogP contribution in [0.2, 0.25) is 0 Å². The minimum absolute atomic E-state index is 0.716. The van der Waals surface area contributed by atoms with Crippen molar-refractivity contribution in [2.45, 2.75) is 69.2 Å². The van der Waals surface area contributed by atoms with Gasteiger partial charge in [0.15, 0.2) is 5.58 Å².